The van der Waals surface area contributed by atoms with Gasteiger partial charge < -0.3 is 4.74 Å². The van der Waals surface area contributed by atoms with Gasteiger partial charge in [0, 0.05) is 6.54 Å². The summed E-state index contributed by atoms with van der Waals surface area (Å²) in [6.45, 7) is 4.31. The first kappa shape index (κ1) is 16.4. The topological polar surface area (TPSA) is 75.7 Å². The van der Waals surface area contributed by atoms with Gasteiger partial charge in [-0.1, -0.05) is 19.4 Å². The smallest absolute Gasteiger partial charge is 0.273 e. The van der Waals surface area contributed by atoms with Crippen LogP contribution in [-0.4, -0.2) is 51.6 Å². The highest BCUT2D eigenvalue weighted by molar-refractivity contribution is 7.92. The Morgan fingerprint density at radius 1 is 1.57 bits per heavy atom. The van der Waals surface area contributed by atoms with E-state index in [1.807, 2.05) is 4.90 Å². The summed E-state index contributed by atoms with van der Waals surface area (Å²) in [5, 5.41) is 1.66. The van der Waals surface area contributed by atoms with Gasteiger partial charge in [-0.05, 0) is 24.4 Å². The Bertz CT molecular complexity index is 557. The van der Waals surface area contributed by atoms with Gasteiger partial charge in [0.05, 0.1) is 13.2 Å². The fourth-order valence-electron chi connectivity index (χ4n) is 2.18. The molecule has 0 radical (unpaired) electrons. The molecule has 0 aliphatic carbocycles. The molecule has 1 saturated heterocycles. The molecule has 0 saturated carbocycles. The Kier molecular flexibility index (Phi) is 5.74. The van der Waals surface area contributed by atoms with Crippen molar-refractivity contribution in [3.8, 4) is 0 Å². The van der Waals surface area contributed by atoms with Crippen molar-refractivity contribution in [2.24, 2.45) is 0 Å². The number of sulfonamides is 1. The van der Waals surface area contributed by atoms with Crippen molar-refractivity contribution < 1.29 is 17.9 Å². The van der Waals surface area contributed by atoms with Gasteiger partial charge in [-0.15, -0.1) is 11.3 Å². The van der Waals surface area contributed by atoms with Crippen molar-refractivity contribution in [1.29, 1.82) is 0 Å². The molecule has 21 heavy (non-hydrogen) atoms. The summed E-state index contributed by atoms with van der Waals surface area (Å²) >= 11 is 1.09. The van der Waals surface area contributed by atoms with Gasteiger partial charge in [0.2, 0.25) is 0 Å². The van der Waals surface area contributed by atoms with Crippen LogP contribution in [0.1, 0.15) is 19.8 Å². The van der Waals surface area contributed by atoms with E-state index in [4.69, 9.17) is 4.74 Å². The van der Waals surface area contributed by atoms with Crippen molar-refractivity contribution in [3.05, 3.63) is 17.5 Å². The van der Waals surface area contributed by atoms with E-state index < -0.39 is 22.0 Å². The number of carbonyl (C=O) groups is 1. The van der Waals surface area contributed by atoms with Crippen molar-refractivity contribution >= 4 is 27.3 Å². The molecule has 0 unspecified atom stereocenters. The predicted molar refractivity (Wildman–Crippen MR) is 80.7 cm³/mol. The molecule has 1 aromatic heterocycles. The lowest BCUT2D eigenvalue weighted by molar-refractivity contribution is -0.130. The number of morpholine rings is 1. The van der Waals surface area contributed by atoms with Gasteiger partial charge in [-0.25, -0.2) is 13.1 Å². The highest BCUT2D eigenvalue weighted by Gasteiger charge is 2.32. The lowest BCUT2D eigenvalue weighted by Crippen LogP contribution is -2.54. The number of nitrogens with zero attached hydrogens (tertiary/aromatic N) is 1. The number of hydrogen-bond acceptors (Lipinski definition) is 6. The SMILES string of the molecule is CCCCN1CCOC[C@H]1C(=O)NS(=O)(=O)c1cccs1. The van der Waals surface area contributed by atoms with Gasteiger partial charge >= 0.3 is 0 Å². The van der Waals surface area contributed by atoms with E-state index in [0.29, 0.717) is 13.2 Å². The molecule has 6 nitrogen and oxygen atoms in total. The van der Waals surface area contributed by atoms with Crippen LogP contribution < -0.4 is 4.72 Å². The molecule has 2 rings (SSSR count). The van der Waals surface area contributed by atoms with E-state index >= 15 is 0 Å². The van der Waals surface area contributed by atoms with Crippen molar-refractivity contribution in [1.82, 2.24) is 9.62 Å². The summed E-state index contributed by atoms with van der Waals surface area (Å²) in [6, 6.07) is 2.58. The van der Waals surface area contributed by atoms with Gasteiger partial charge in [0.1, 0.15) is 10.3 Å². The second kappa shape index (κ2) is 7.35. The number of nitrogens with one attached hydrogen (secondary N) is 1. The van der Waals surface area contributed by atoms with Crippen LogP contribution in [0.2, 0.25) is 0 Å². The Labute approximate surface area is 129 Å². The minimum atomic E-state index is -3.77. The zero-order valence-electron chi connectivity index (χ0n) is 11.9. The number of ether oxygens (including phenoxy) is 1. The van der Waals surface area contributed by atoms with Crippen LogP contribution in [0, 0.1) is 0 Å². The minimum Gasteiger partial charge on any atom is -0.378 e. The van der Waals surface area contributed by atoms with E-state index in [9.17, 15) is 13.2 Å². The van der Waals surface area contributed by atoms with Crippen molar-refractivity contribution in [2.45, 2.75) is 30.0 Å². The summed E-state index contributed by atoms with van der Waals surface area (Å²) in [6.07, 6.45) is 2.00. The van der Waals surface area contributed by atoms with Gasteiger partial charge in [-0.2, -0.15) is 0 Å². The molecular formula is C13H20N2O4S2. The van der Waals surface area contributed by atoms with Crippen LogP contribution >= 0.6 is 11.3 Å². The van der Waals surface area contributed by atoms with Crippen molar-refractivity contribution in [2.75, 3.05) is 26.3 Å². The maximum absolute atomic E-state index is 12.3. The molecule has 0 spiro atoms. The van der Waals surface area contributed by atoms with Crippen LogP contribution in [0.5, 0.6) is 0 Å². The summed E-state index contributed by atoms with van der Waals surface area (Å²) in [7, 11) is -3.77. The molecular weight excluding hydrogens is 312 g/mol. The van der Waals surface area contributed by atoms with Crippen LogP contribution in [0.4, 0.5) is 0 Å². The number of hydrogen-bond donors (Lipinski definition) is 1. The third kappa shape index (κ3) is 4.26. The molecule has 0 aromatic carbocycles. The Hall–Kier alpha value is -0.960. The third-order valence-electron chi connectivity index (χ3n) is 3.34. The van der Waals surface area contributed by atoms with Crippen LogP contribution in [0.15, 0.2) is 21.7 Å². The third-order valence-corrected chi connectivity index (χ3v) is 6.08. The number of carbonyl (C=O) groups excluding carboxylic acids is 1. The van der Waals surface area contributed by atoms with Crippen molar-refractivity contribution in [3.63, 3.8) is 0 Å². The fraction of sp³-hybridized carbons (Fsp3) is 0.615. The van der Waals surface area contributed by atoms with Crippen LogP contribution in [0.3, 0.4) is 0 Å². The molecule has 1 amide bonds. The molecule has 8 heteroatoms. The first-order valence-electron chi connectivity index (χ1n) is 6.96. The Morgan fingerprint density at radius 2 is 2.38 bits per heavy atom. The number of amides is 1. The zero-order chi connectivity index (χ0) is 15.3. The van der Waals surface area contributed by atoms with Gasteiger partial charge in [-0.3, -0.25) is 9.69 Å². The standard InChI is InChI=1S/C13H20N2O4S2/c1-2-3-6-15-7-8-19-10-11(15)13(16)14-21(17,18)12-5-4-9-20-12/h4-5,9,11H,2-3,6-8,10H2,1H3,(H,14,16)/t11-/m0/s1. The highest BCUT2D eigenvalue weighted by atomic mass is 32.2. The van der Waals surface area contributed by atoms with E-state index in [1.54, 1.807) is 11.4 Å². The Balaban J connectivity index is 2.04. The predicted octanol–water partition coefficient (Wildman–Crippen LogP) is 1.05. The average Bonchev–Trinajstić information content (AvgIpc) is 3.00. The molecule has 1 aromatic rings. The largest absolute Gasteiger partial charge is 0.378 e. The quantitative estimate of drug-likeness (QED) is 0.843. The number of unbranched alkanes of at least 4 members (excludes halogenated alkanes) is 1. The fourth-order valence-corrected chi connectivity index (χ4v) is 4.18. The van der Waals surface area contributed by atoms with Crippen LogP contribution in [-0.2, 0) is 19.6 Å². The maximum atomic E-state index is 12.3. The summed E-state index contributed by atoms with van der Waals surface area (Å²) < 4.78 is 31.8. The molecule has 1 atom stereocenters. The molecule has 1 fully saturated rings. The second-order valence-electron chi connectivity index (χ2n) is 4.88. The summed E-state index contributed by atoms with van der Waals surface area (Å²) in [4.78, 5) is 14.3. The van der Waals surface area contributed by atoms with Gasteiger partial charge in [0.25, 0.3) is 15.9 Å². The minimum absolute atomic E-state index is 0.146. The molecule has 118 valence electrons. The van der Waals surface area contributed by atoms with Crippen LogP contribution in [0.25, 0.3) is 0 Å². The van der Waals surface area contributed by atoms with E-state index in [-0.39, 0.29) is 10.8 Å². The second-order valence-corrected chi connectivity index (χ2v) is 7.74. The maximum Gasteiger partial charge on any atom is 0.273 e. The first-order chi connectivity index (χ1) is 10.0. The molecule has 0 bridgehead atoms. The lowest BCUT2D eigenvalue weighted by Gasteiger charge is -2.34. The molecule has 1 aliphatic heterocycles. The Morgan fingerprint density at radius 3 is 3.05 bits per heavy atom. The van der Waals surface area contributed by atoms with E-state index in [1.165, 1.54) is 6.07 Å². The molecule has 2 heterocycles. The summed E-state index contributed by atoms with van der Waals surface area (Å²) in [5.74, 6) is -0.515. The lowest BCUT2D eigenvalue weighted by atomic mass is 10.2. The van der Waals surface area contributed by atoms with E-state index in [0.717, 1.165) is 30.7 Å². The molecule has 1 aliphatic rings. The number of rotatable bonds is 6. The molecule has 1 N–H and O–H groups in total. The summed E-state index contributed by atoms with van der Waals surface area (Å²) in [5.41, 5.74) is 0. The van der Waals surface area contributed by atoms with Gasteiger partial charge in [0.15, 0.2) is 0 Å². The highest BCUT2D eigenvalue weighted by Crippen LogP contribution is 2.16. The first-order valence-corrected chi connectivity index (χ1v) is 9.33. The average molecular weight is 332 g/mol. The number of thiophene rings is 1. The normalized spacial score (nSPS) is 20.3. The zero-order valence-corrected chi connectivity index (χ0v) is 13.6. The monoisotopic (exact) mass is 332 g/mol. The van der Waals surface area contributed by atoms with E-state index in [2.05, 4.69) is 11.6 Å².